The summed E-state index contributed by atoms with van der Waals surface area (Å²) in [6.07, 6.45) is 1.83. The molecule has 0 bridgehead atoms. The summed E-state index contributed by atoms with van der Waals surface area (Å²) >= 11 is 0. The highest BCUT2D eigenvalue weighted by molar-refractivity contribution is 5.93. The van der Waals surface area contributed by atoms with Gasteiger partial charge in [0.25, 0.3) is 5.91 Å². The van der Waals surface area contributed by atoms with Crippen LogP contribution in [0.15, 0.2) is 16.9 Å². The third kappa shape index (κ3) is 3.00. The topological polar surface area (TPSA) is 68.8 Å². The van der Waals surface area contributed by atoms with E-state index in [4.69, 9.17) is 0 Å². The third-order valence-corrected chi connectivity index (χ3v) is 3.33. The minimum absolute atomic E-state index is 0.0512. The number of carbonyl (C=O) groups excluding carboxylic acids is 1. The van der Waals surface area contributed by atoms with E-state index in [1.807, 2.05) is 11.9 Å². The first-order valence-corrected chi connectivity index (χ1v) is 6.80. The zero-order valence-electron chi connectivity index (χ0n) is 12.0. The molecule has 0 aromatic carbocycles. The molecule has 0 spiro atoms. The zero-order chi connectivity index (χ0) is 14.0. The number of nitrogens with one attached hydrogen (secondary N) is 3. The molecule has 106 valence electrons. The van der Waals surface area contributed by atoms with Crippen LogP contribution in [0, 0.1) is 11.8 Å². The normalized spacial score (nSPS) is 27.8. The fraction of sp³-hybridized carbons (Fsp3) is 0.692. The Morgan fingerprint density at radius 2 is 2.21 bits per heavy atom. The van der Waals surface area contributed by atoms with Crippen LogP contribution >= 0.6 is 0 Å². The average Bonchev–Trinajstić information content (AvgIpc) is 2.76. The fourth-order valence-corrected chi connectivity index (χ4v) is 2.18. The third-order valence-electron chi connectivity index (χ3n) is 3.33. The van der Waals surface area contributed by atoms with Gasteiger partial charge in [0, 0.05) is 19.3 Å². The van der Waals surface area contributed by atoms with Gasteiger partial charge in [-0.2, -0.15) is 0 Å². The summed E-state index contributed by atoms with van der Waals surface area (Å²) < 4.78 is 0. The van der Waals surface area contributed by atoms with Gasteiger partial charge in [-0.25, -0.2) is 0 Å². The van der Waals surface area contributed by atoms with Crippen LogP contribution in [-0.4, -0.2) is 36.0 Å². The van der Waals surface area contributed by atoms with Gasteiger partial charge in [0.05, 0.1) is 0 Å². The molecule has 0 aromatic rings. The first-order valence-electron chi connectivity index (χ1n) is 6.80. The molecule has 19 heavy (non-hydrogen) atoms. The van der Waals surface area contributed by atoms with Crippen molar-refractivity contribution >= 4 is 11.7 Å². The van der Waals surface area contributed by atoms with E-state index in [1.165, 1.54) is 0 Å². The molecule has 0 saturated carbocycles. The molecular formula is C13H23N5O. The molecule has 3 N–H and O–H groups in total. The minimum atomic E-state index is -0.0512. The van der Waals surface area contributed by atoms with Gasteiger partial charge in [0.2, 0.25) is 0 Å². The molecule has 2 unspecified atom stereocenters. The molecular weight excluding hydrogens is 242 g/mol. The number of hydrogen-bond acceptors (Lipinski definition) is 5. The standard InChI is InChI=1S/C13H23N5O/c1-8(2)12-15-7-11-13(19)16-6-9(3)5-14-10(4)17-18(11)12/h7-9,12,15H,5-6H2,1-4H3,(H,14,17)(H,16,19). The number of hydrogen-bond donors (Lipinski definition) is 3. The predicted molar refractivity (Wildman–Crippen MR) is 75.0 cm³/mol. The molecule has 1 amide bonds. The highest BCUT2D eigenvalue weighted by atomic mass is 16.2. The van der Waals surface area contributed by atoms with Gasteiger partial charge < -0.3 is 10.6 Å². The van der Waals surface area contributed by atoms with E-state index >= 15 is 0 Å². The van der Waals surface area contributed by atoms with Crippen molar-refractivity contribution in [1.29, 1.82) is 0 Å². The molecule has 6 nitrogen and oxygen atoms in total. The molecule has 0 aromatic heterocycles. The van der Waals surface area contributed by atoms with Crippen LogP contribution in [0.2, 0.25) is 0 Å². The van der Waals surface area contributed by atoms with Crippen LogP contribution in [0.1, 0.15) is 27.7 Å². The van der Waals surface area contributed by atoms with Gasteiger partial charge in [-0.05, 0) is 18.8 Å². The lowest BCUT2D eigenvalue weighted by atomic mass is 10.1. The fourth-order valence-electron chi connectivity index (χ4n) is 2.18. The molecule has 2 aliphatic heterocycles. The SMILES string of the molecule is CC1=NCC(C)CNC(=O)C2=CNC(C(C)C)N2N1. The van der Waals surface area contributed by atoms with Crippen molar-refractivity contribution in [3.8, 4) is 0 Å². The summed E-state index contributed by atoms with van der Waals surface area (Å²) in [4.78, 5) is 16.7. The average molecular weight is 265 g/mol. The number of nitrogens with zero attached hydrogens (tertiary/aromatic N) is 2. The number of carbonyl (C=O) groups is 1. The number of hydrazine groups is 1. The monoisotopic (exact) mass is 265 g/mol. The molecule has 0 aliphatic carbocycles. The van der Waals surface area contributed by atoms with Gasteiger partial charge >= 0.3 is 0 Å². The number of amides is 1. The van der Waals surface area contributed by atoms with Crippen LogP contribution in [0.3, 0.4) is 0 Å². The lowest BCUT2D eigenvalue weighted by molar-refractivity contribution is -0.119. The first kappa shape index (κ1) is 13.7. The van der Waals surface area contributed by atoms with Crippen LogP contribution < -0.4 is 16.1 Å². The van der Waals surface area contributed by atoms with Gasteiger partial charge in [-0.15, -0.1) is 0 Å². The molecule has 2 aliphatic rings. The summed E-state index contributed by atoms with van der Waals surface area (Å²) in [5.41, 5.74) is 3.84. The van der Waals surface area contributed by atoms with Crippen LogP contribution in [0.4, 0.5) is 0 Å². The van der Waals surface area contributed by atoms with Crippen LogP contribution in [0.25, 0.3) is 0 Å². The Labute approximate surface area is 114 Å². The highest BCUT2D eigenvalue weighted by Gasteiger charge is 2.32. The second kappa shape index (κ2) is 5.50. The Kier molecular flexibility index (Phi) is 3.97. The number of fused-ring (bicyclic) bond motifs is 1. The lowest BCUT2D eigenvalue weighted by Gasteiger charge is -2.32. The Balaban J connectivity index is 2.24. The van der Waals surface area contributed by atoms with E-state index in [2.05, 4.69) is 41.8 Å². The van der Waals surface area contributed by atoms with E-state index in [9.17, 15) is 4.79 Å². The molecule has 2 atom stereocenters. The van der Waals surface area contributed by atoms with Crippen molar-refractivity contribution in [1.82, 2.24) is 21.1 Å². The highest BCUT2D eigenvalue weighted by Crippen LogP contribution is 2.18. The van der Waals surface area contributed by atoms with E-state index in [0.29, 0.717) is 30.6 Å². The van der Waals surface area contributed by atoms with Crippen molar-refractivity contribution < 1.29 is 4.79 Å². The van der Waals surface area contributed by atoms with Crippen molar-refractivity contribution in [3.05, 3.63) is 11.9 Å². The van der Waals surface area contributed by atoms with Gasteiger partial charge in [0.1, 0.15) is 17.7 Å². The maximum Gasteiger partial charge on any atom is 0.271 e. The van der Waals surface area contributed by atoms with E-state index in [-0.39, 0.29) is 12.1 Å². The second-order valence-electron chi connectivity index (χ2n) is 5.61. The Bertz CT molecular complexity index is 415. The lowest BCUT2D eigenvalue weighted by Crippen LogP contribution is -2.53. The summed E-state index contributed by atoms with van der Waals surface area (Å²) in [6, 6.07) is 0. The Morgan fingerprint density at radius 3 is 2.89 bits per heavy atom. The van der Waals surface area contributed by atoms with Crippen LogP contribution in [-0.2, 0) is 4.79 Å². The molecule has 2 rings (SSSR count). The smallest absolute Gasteiger partial charge is 0.271 e. The number of rotatable bonds is 1. The molecule has 6 heteroatoms. The van der Waals surface area contributed by atoms with Crippen molar-refractivity contribution in [3.63, 3.8) is 0 Å². The summed E-state index contributed by atoms with van der Waals surface area (Å²) in [7, 11) is 0. The maximum atomic E-state index is 12.2. The van der Waals surface area contributed by atoms with Gasteiger partial charge in [-0.1, -0.05) is 20.8 Å². The number of aliphatic imine (C=N–C) groups is 1. The van der Waals surface area contributed by atoms with Crippen molar-refractivity contribution in [2.75, 3.05) is 13.1 Å². The quantitative estimate of drug-likeness (QED) is 0.642. The van der Waals surface area contributed by atoms with E-state index in [1.54, 1.807) is 6.20 Å². The summed E-state index contributed by atoms with van der Waals surface area (Å²) in [6.45, 7) is 9.59. The Morgan fingerprint density at radius 1 is 1.47 bits per heavy atom. The van der Waals surface area contributed by atoms with Crippen molar-refractivity contribution in [2.24, 2.45) is 16.8 Å². The molecule has 2 heterocycles. The first-order chi connectivity index (χ1) is 8.99. The largest absolute Gasteiger partial charge is 0.368 e. The molecule has 0 fully saturated rings. The number of amidine groups is 1. The van der Waals surface area contributed by atoms with Crippen LogP contribution in [0.5, 0.6) is 0 Å². The molecule has 0 saturated heterocycles. The predicted octanol–water partition coefficient (Wildman–Crippen LogP) is 0.404. The Hall–Kier alpha value is -1.72. The summed E-state index contributed by atoms with van der Waals surface area (Å²) in [5, 5.41) is 8.06. The second-order valence-corrected chi connectivity index (χ2v) is 5.61. The van der Waals surface area contributed by atoms with Crippen molar-refractivity contribution in [2.45, 2.75) is 33.9 Å². The zero-order valence-corrected chi connectivity index (χ0v) is 12.0. The molecule has 0 radical (unpaired) electrons. The van der Waals surface area contributed by atoms with E-state index < -0.39 is 0 Å². The van der Waals surface area contributed by atoms with Gasteiger partial charge in [-0.3, -0.25) is 20.2 Å². The van der Waals surface area contributed by atoms with E-state index in [0.717, 1.165) is 5.84 Å². The maximum absolute atomic E-state index is 12.2. The minimum Gasteiger partial charge on any atom is -0.368 e. The summed E-state index contributed by atoms with van der Waals surface area (Å²) in [5.74, 6) is 1.48. The van der Waals surface area contributed by atoms with Gasteiger partial charge in [0.15, 0.2) is 0 Å².